The minimum atomic E-state index is -0.346. The van der Waals surface area contributed by atoms with Crippen molar-refractivity contribution in [3.05, 3.63) is 75.2 Å². The fourth-order valence-corrected chi connectivity index (χ4v) is 3.11. The van der Waals surface area contributed by atoms with E-state index in [-0.39, 0.29) is 11.7 Å². The van der Waals surface area contributed by atoms with Gasteiger partial charge in [0.15, 0.2) is 3.92 Å². The van der Waals surface area contributed by atoms with Gasteiger partial charge < -0.3 is 4.90 Å². The third kappa shape index (κ3) is 3.80. The Hall–Kier alpha value is -2.12. The average molecular weight is 392 g/mol. The number of rotatable bonds is 4. The Bertz CT molecular complexity index is 808. The molecule has 3 rings (SSSR count). The minimum absolute atomic E-state index is 0.192. The number of pyridine rings is 1. The molecule has 0 spiro atoms. The molecule has 0 N–H and O–H groups in total. The van der Waals surface area contributed by atoms with Gasteiger partial charge in [-0.3, -0.25) is 9.78 Å². The van der Waals surface area contributed by atoms with Crippen molar-refractivity contribution in [1.29, 1.82) is 0 Å². The molecular formula is C16H11BrFN3OS. The van der Waals surface area contributed by atoms with E-state index in [1.807, 2.05) is 5.38 Å². The number of amides is 1. The second kappa shape index (κ2) is 6.97. The molecule has 0 bridgehead atoms. The Morgan fingerprint density at radius 2 is 1.87 bits per heavy atom. The average Bonchev–Trinajstić information content (AvgIpc) is 2.99. The maximum absolute atomic E-state index is 13.2. The zero-order valence-electron chi connectivity index (χ0n) is 11.8. The zero-order valence-corrected chi connectivity index (χ0v) is 14.2. The summed E-state index contributed by atoms with van der Waals surface area (Å²) in [5.74, 6) is -0.537. The van der Waals surface area contributed by atoms with Crippen LogP contribution >= 0.6 is 27.3 Å². The summed E-state index contributed by atoms with van der Waals surface area (Å²) in [7, 11) is 0. The first-order valence-electron chi connectivity index (χ1n) is 6.71. The molecule has 0 fully saturated rings. The van der Waals surface area contributed by atoms with Gasteiger partial charge in [-0.1, -0.05) is 0 Å². The SMILES string of the molecule is O=C(c1ccncc1)N(Cc1csc(Br)n1)c1ccc(F)cc1. The van der Waals surface area contributed by atoms with Crippen molar-refractivity contribution in [3.63, 3.8) is 0 Å². The molecule has 0 unspecified atom stereocenters. The van der Waals surface area contributed by atoms with Crippen LogP contribution in [0.5, 0.6) is 0 Å². The summed E-state index contributed by atoms with van der Waals surface area (Å²) < 4.78 is 13.9. The monoisotopic (exact) mass is 391 g/mol. The molecule has 0 radical (unpaired) electrons. The third-order valence-corrected chi connectivity index (χ3v) is 4.57. The molecule has 0 aliphatic rings. The number of benzene rings is 1. The lowest BCUT2D eigenvalue weighted by molar-refractivity contribution is 0.0984. The minimum Gasteiger partial charge on any atom is -0.302 e. The Labute approximate surface area is 144 Å². The molecule has 0 saturated carbocycles. The number of nitrogens with zero attached hydrogens (tertiary/aromatic N) is 3. The molecular weight excluding hydrogens is 381 g/mol. The van der Waals surface area contributed by atoms with Gasteiger partial charge in [0.1, 0.15) is 5.82 Å². The molecule has 0 saturated heterocycles. The van der Waals surface area contributed by atoms with E-state index in [1.165, 1.54) is 23.5 Å². The molecule has 0 aliphatic carbocycles. The summed E-state index contributed by atoms with van der Waals surface area (Å²) in [6.07, 6.45) is 3.13. The van der Waals surface area contributed by atoms with Gasteiger partial charge in [0.05, 0.1) is 12.2 Å². The van der Waals surface area contributed by atoms with Crippen LogP contribution in [0, 0.1) is 5.82 Å². The van der Waals surface area contributed by atoms with Crippen LogP contribution in [0.4, 0.5) is 10.1 Å². The first-order chi connectivity index (χ1) is 11.1. The van der Waals surface area contributed by atoms with Gasteiger partial charge in [-0.05, 0) is 52.3 Å². The summed E-state index contributed by atoms with van der Waals surface area (Å²) in [6, 6.07) is 9.12. The second-order valence-corrected chi connectivity index (χ2v) is 6.83. The van der Waals surface area contributed by atoms with E-state index in [0.29, 0.717) is 17.8 Å². The van der Waals surface area contributed by atoms with Crippen LogP contribution in [0.1, 0.15) is 16.1 Å². The molecule has 0 aliphatic heterocycles. The molecule has 2 heterocycles. The molecule has 3 aromatic rings. The van der Waals surface area contributed by atoms with Crippen LogP contribution in [0.25, 0.3) is 0 Å². The van der Waals surface area contributed by atoms with E-state index in [0.717, 1.165) is 9.61 Å². The fourth-order valence-electron chi connectivity index (χ4n) is 2.07. The van der Waals surface area contributed by atoms with Crippen molar-refractivity contribution in [2.24, 2.45) is 0 Å². The highest BCUT2D eigenvalue weighted by molar-refractivity contribution is 9.11. The molecule has 1 amide bonds. The van der Waals surface area contributed by atoms with Gasteiger partial charge in [-0.2, -0.15) is 0 Å². The third-order valence-electron chi connectivity index (χ3n) is 3.15. The Balaban J connectivity index is 1.95. The molecule has 7 heteroatoms. The predicted molar refractivity (Wildman–Crippen MR) is 91.0 cm³/mol. The molecule has 1 aromatic carbocycles. The van der Waals surface area contributed by atoms with Crippen LogP contribution in [0.15, 0.2) is 58.1 Å². The number of carbonyl (C=O) groups is 1. The van der Waals surface area contributed by atoms with Crippen molar-refractivity contribution in [2.45, 2.75) is 6.54 Å². The van der Waals surface area contributed by atoms with Crippen molar-refractivity contribution in [2.75, 3.05) is 4.90 Å². The summed E-state index contributed by atoms with van der Waals surface area (Å²) in [4.78, 5) is 22.6. The topological polar surface area (TPSA) is 46.1 Å². The highest BCUT2D eigenvalue weighted by Crippen LogP contribution is 2.23. The van der Waals surface area contributed by atoms with E-state index in [2.05, 4.69) is 25.9 Å². The van der Waals surface area contributed by atoms with Gasteiger partial charge in [-0.25, -0.2) is 9.37 Å². The number of carbonyl (C=O) groups excluding carboxylic acids is 1. The van der Waals surface area contributed by atoms with E-state index in [1.54, 1.807) is 41.6 Å². The zero-order chi connectivity index (χ0) is 16.2. The van der Waals surface area contributed by atoms with Crippen molar-refractivity contribution >= 4 is 38.9 Å². The van der Waals surface area contributed by atoms with Gasteiger partial charge in [0, 0.05) is 29.0 Å². The van der Waals surface area contributed by atoms with Gasteiger partial charge >= 0.3 is 0 Å². The predicted octanol–water partition coefficient (Wildman–Crippen LogP) is 4.29. The first-order valence-corrected chi connectivity index (χ1v) is 8.38. The van der Waals surface area contributed by atoms with E-state index >= 15 is 0 Å². The van der Waals surface area contributed by atoms with Gasteiger partial charge in [-0.15, -0.1) is 11.3 Å². The van der Waals surface area contributed by atoms with Crippen molar-refractivity contribution in [1.82, 2.24) is 9.97 Å². The lowest BCUT2D eigenvalue weighted by Crippen LogP contribution is -2.30. The summed E-state index contributed by atoms with van der Waals surface area (Å²) in [6.45, 7) is 0.300. The van der Waals surface area contributed by atoms with E-state index in [4.69, 9.17) is 0 Å². The van der Waals surface area contributed by atoms with Crippen molar-refractivity contribution in [3.8, 4) is 0 Å². The molecule has 2 aromatic heterocycles. The number of anilines is 1. The number of halogens is 2. The highest BCUT2D eigenvalue weighted by atomic mass is 79.9. The standard InChI is InChI=1S/C16H11BrFN3OS/c17-16-20-13(10-23-16)9-21(14-3-1-12(18)2-4-14)15(22)11-5-7-19-8-6-11/h1-8,10H,9H2. The van der Waals surface area contributed by atoms with E-state index < -0.39 is 0 Å². The van der Waals surface area contributed by atoms with Crippen LogP contribution in [0.3, 0.4) is 0 Å². The van der Waals surface area contributed by atoms with Gasteiger partial charge in [0.25, 0.3) is 5.91 Å². The number of hydrogen-bond acceptors (Lipinski definition) is 4. The molecule has 0 atom stereocenters. The smallest absolute Gasteiger partial charge is 0.258 e. The first kappa shape index (κ1) is 15.8. The fraction of sp³-hybridized carbons (Fsp3) is 0.0625. The maximum Gasteiger partial charge on any atom is 0.258 e. The molecule has 116 valence electrons. The largest absolute Gasteiger partial charge is 0.302 e. The van der Waals surface area contributed by atoms with Crippen LogP contribution < -0.4 is 4.90 Å². The summed E-state index contributed by atoms with van der Waals surface area (Å²) in [5.41, 5.74) is 1.88. The van der Waals surface area contributed by atoms with Crippen LogP contribution in [0.2, 0.25) is 0 Å². The number of thiazole rings is 1. The van der Waals surface area contributed by atoms with Crippen LogP contribution in [-0.4, -0.2) is 15.9 Å². The number of aromatic nitrogens is 2. The quantitative estimate of drug-likeness (QED) is 0.666. The van der Waals surface area contributed by atoms with Crippen molar-refractivity contribution < 1.29 is 9.18 Å². The molecule has 23 heavy (non-hydrogen) atoms. The lowest BCUT2D eigenvalue weighted by atomic mass is 10.2. The normalized spacial score (nSPS) is 10.5. The Morgan fingerprint density at radius 1 is 1.17 bits per heavy atom. The summed E-state index contributed by atoms with van der Waals surface area (Å²) in [5, 5.41) is 1.88. The van der Waals surface area contributed by atoms with Crippen LogP contribution in [-0.2, 0) is 6.54 Å². The summed E-state index contributed by atoms with van der Waals surface area (Å²) >= 11 is 4.77. The van der Waals surface area contributed by atoms with E-state index in [9.17, 15) is 9.18 Å². The Morgan fingerprint density at radius 3 is 2.48 bits per heavy atom. The maximum atomic E-state index is 13.2. The second-order valence-electron chi connectivity index (χ2n) is 4.70. The highest BCUT2D eigenvalue weighted by Gasteiger charge is 2.19. The lowest BCUT2D eigenvalue weighted by Gasteiger charge is -2.22. The number of hydrogen-bond donors (Lipinski definition) is 0. The molecule has 4 nitrogen and oxygen atoms in total. The Kier molecular flexibility index (Phi) is 4.78. The van der Waals surface area contributed by atoms with Gasteiger partial charge in [0.2, 0.25) is 0 Å².